The third kappa shape index (κ3) is 3.27. The quantitative estimate of drug-likeness (QED) is 0.901. The lowest BCUT2D eigenvalue weighted by Gasteiger charge is -2.07. The van der Waals surface area contributed by atoms with Crippen molar-refractivity contribution in [2.45, 2.75) is 32.9 Å². The van der Waals surface area contributed by atoms with Crippen molar-refractivity contribution in [3.8, 4) is 11.5 Å². The zero-order valence-electron chi connectivity index (χ0n) is 10.4. The summed E-state index contributed by atoms with van der Waals surface area (Å²) in [4.78, 5) is 8.41. The van der Waals surface area contributed by atoms with Crippen LogP contribution in [0.2, 0.25) is 5.02 Å². The van der Waals surface area contributed by atoms with Gasteiger partial charge in [-0.3, -0.25) is 4.98 Å². The summed E-state index contributed by atoms with van der Waals surface area (Å²) < 4.78 is 5.15. The van der Waals surface area contributed by atoms with Gasteiger partial charge in [0.05, 0.1) is 11.6 Å². The minimum Gasteiger partial charge on any atom is -0.337 e. The summed E-state index contributed by atoms with van der Waals surface area (Å²) in [7, 11) is 0. The molecule has 1 unspecified atom stereocenters. The van der Waals surface area contributed by atoms with Crippen LogP contribution >= 0.6 is 11.6 Å². The molecule has 0 radical (unpaired) electrons. The molecule has 0 fully saturated rings. The molecule has 0 saturated carbocycles. The Hall–Kier alpha value is -1.46. The monoisotopic (exact) mass is 266 g/mol. The Labute approximate surface area is 111 Å². The first-order valence-corrected chi connectivity index (χ1v) is 6.24. The smallest absolute Gasteiger partial charge is 0.240 e. The van der Waals surface area contributed by atoms with Gasteiger partial charge in [0.1, 0.15) is 5.69 Å². The van der Waals surface area contributed by atoms with Crippen LogP contribution in [-0.4, -0.2) is 21.2 Å². The van der Waals surface area contributed by atoms with Gasteiger partial charge in [-0.25, -0.2) is 0 Å². The third-order valence-corrected chi connectivity index (χ3v) is 2.86. The van der Waals surface area contributed by atoms with Crippen LogP contribution in [-0.2, 0) is 6.54 Å². The molecular formula is C12H15ClN4O. The fraction of sp³-hybridized carbons (Fsp3) is 0.417. The Morgan fingerprint density at radius 2 is 2.28 bits per heavy atom. The number of rotatable bonds is 5. The minimum absolute atomic E-state index is 0.425. The molecule has 0 aliphatic heterocycles. The maximum absolute atomic E-state index is 5.77. The average Bonchev–Trinajstić information content (AvgIpc) is 2.85. The fourth-order valence-electron chi connectivity index (χ4n) is 1.34. The van der Waals surface area contributed by atoms with Gasteiger partial charge in [0.25, 0.3) is 0 Å². The lowest BCUT2D eigenvalue weighted by Crippen LogP contribution is -2.24. The maximum atomic E-state index is 5.77. The van der Waals surface area contributed by atoms with Crippen molar-refractivity contribution in [1.29, 1.82) is 0 Å². The summed E-state index contributed by atoms with van der Waals surface area (Å²) in [6.45, 7) is 4.79. The first-order chi connectivity index (χ1) is 8.69. The number of nitrogens with one attached hydrogen (secondary N) is 1. The first kappa shape index (κ1) is 13.0. The van der Waals surface area contributed by atoms with Crippen molar-refractivity contribution in [3.05, 3.63) is 29.2 Å². The zero-order chi connectivity index (χ0) is 13.0. The largest absolute Gasteiger partial charge is 0.337 e. The van der Waals surface area contributed by atoms with Crippen LogP contribution < -0.4 is 5.32 Å². The molecule has 0 amide bonds. The van der Waals surface area contributed by atoms with E-state index in [1.54, 1.807) is 18.3 Å². The van der Waals surface area contributed by atoms with E-state index in [9.17, 15) is 0 Å². The van der Waals surface area contributed by atoms with E-state index in [-0.39, 0.29) is 0 Å². The van der Waals surface area contributed by atoms with E-state index < -0.39 is 0 Å². The predicted molar refractivity (Wildman–Crippen MR) is 69.1 cm³/mol. The number of hydrogen-bond donors (Lipinski definition) is 1. The summed E-state index contributed by atoms with van der Waals surface area (Å²) in [6, 6.07) is 3.94. The van der Waals surface area contributed by atoms with Crippen LogP contribution in [0.15, 0.2) is 22.9 Å². The van der Waals surface area contributed by atoms with Crippen molar-refractivity contribution in [1.82, 2.24) is 20.4 Å². The van der Waals surface area contributed by atoms with Gasteiger partial charge in [-0.05, 0) is 25.5 Å². The molecule has 1 N–H and O–H groups in total. The lowest BCUT2D eigenvalue weighted by atomic mass is 10.3. The van der Waals surface area contributed by atoms with Gasteiger partial charge in [-0.2, -0.15) is 4.98 Å². The van der Waals surface area contributed by atoms with Gasteiger partial charge in [-0.15, -0.1) is 0 Å². The second-order valence-electron chi connectivity index (χ2n) is 4.06. The van der Waals surface area contributed by atoms with Crippen LogP contribution in [0.25, 0.3) is 11.5 Å². The number of pyridine rings is 1. The second kappa shape index (κ2) is 5.93. The van der Waals surface area contributed by atoms with E-state index in [4.69, 9.17) is 16.1 Å². The van der Waals surface area contributed by atoms with Crippen molar-refractivity contribution < 1.29 is 4.52 Å². The Bertz CT molecular complexity index is 497. The van der Waals surface area contributed by atoms with E-state index >= 15 is 0 Å². The van der Waals surface area contributed by atoms with Gasteiger partial charge in [-0.1, -0.05) is 23.7 Å². The zero-order valence-corrected chi connectivity index (χ0v) is 11.1. The van der Waals surface area contributed by atoms with E-state index in [0.717, 1.165) is 6.42 Å². The molecule has 0 spiro atoms. The summed E-state index contributed by atoms with van der Waals surface area (Å²) >= 11 is 5.77. The summed E-state index contributed by atoms with van der Waals surface area (Å²) in [5.41, 5.74) is 0.651. The molecule has 0 aliphatic carbocycles. The van der Waals surface area contributed by atoms with Gasteiger partial charge in [0.2, 0.25) is 11.7 Å². The van der Waals surface area contributed by atoms with Crippen LogP contribution in [0.1, 0.15) is 26.2 Å². The molecule has 0 saturated heterocycles. The van der Waals surface area contributed by atoms with Crippen LogP contribution in [0.4, 0.5) is 0 Å². The lowest BCUT2D eigenvalue weighted by molar-refractivity contribution is 0.358. The van der Waals surface area contributed by atoms with E-state index in [1.165, 1.54) is 0 Å². The third-order valence-electron chi connectivity index (χ3n) is 2.64. The number of aromatic nitrogens is 3. The standard InChI is InChI=1S/C12H15ClN4O/c1-3-8(2)14-7-11-16-12(17-18-11)10-5-4-9(13)6-15-10/h4-6,8,14H,3,7H2,1-2H3. The highest BCUT2D eigenvalue weighted by atomic mass is 35.5. The Morgan fingerprint density at radius 1 is 1.44 bits per heavy atom. The average molecular weight is 267 g/mol. The first-order valence-electron chi connectivity index (χ1n) is 5.87. The molecule has 2 heterocycles. The molecule has 0 aromatic carbocycles. The van der Waals surface area contributed by atoms with E-state index in [2.05, 4.69) is 34.3 Å². The van der Waals surface area contributed by atoms with Crippen molar-refractivity contribution in [2.75, 3.05) is 0 Å². The SMILES string of the molecule is CCC(C)NCc1nc(-c2ccc(Cl)cn2)no1. The molecule has 96 valence electrons. The minimum atomic E-state index is 0.425. The summed E-state index contributed by atoms with van der Waals surface area (Å²) in [5.74, 6) is 1.04. The normalized spacial score (nSPS) is 12.6. The molecule has 6 heteroatoms. The highest BCUT2D eigenvalue weighted by Crippen LogP contribution is 2.15. The van der Waals surface area contributed by atoms with Gasteiger partial charge in [0, 0.05) is 12.2 Å². The second-order valence-corrected chi connectivity index (χ2v) is 4.50. The van der Waals surface area contributed by atoms with Gasteiger partial charge >= 0.3 is 0 Å². The molecule has 2 aromatic heterocycles. The summed E-state index contributed by atoms with van der Waals surface area (Å²) in [6.07, 6.45) is 2.62. The van der Waals surface area contributed by atoms with E-state index in [1.807, 2.05) is 0 Å². The number of halogens is 1. The molecule has 5 nitrogen and oxygen atoms in total. The topological polar surface area (TPSA) is 63.8 Å². The number of hydrogen-bond acceptors (Lipinski definition) is 5. The Morgan fingerprint density at radius 3 is 2.94 bits per heavy atom. The highest BCUT2D eigenvalue weighted by Gasteiger charge is 2.10. The summed E-state index contributed by atoms with van der Waals surface area (Å²) in [5, 5.41) is 7.76. The van der Waals surface area contributed by atoms with Crippen LogP contribution in [0.3, 0.4) is 0 Å². The predicted octanol–water partition coefficient (Wildman–Crippen LogP) is 2.67. The van der Waals surface area contributed by atoms with Crippen LogP contribution in [0, 0.1) is 0 Å². The van der Waals surface area contributed by atoms with Crippen molar-refractivity contribution >= 4 is 11.6 Å². The Balaban J connectivity index is 2.03. The van der Waals surface area contributed by atoms with E-state index in [0.29, 0.717) is 35.0 Å². The highest BCUT2D eigenvalue weighted by molar-refractivity contribution is 6.30. The maximum Gasteiger partial charge on any atom is 0.240 e. The van der Waals surface area contributed by atoms with Gasteiger partial charge in [0.15, 0.2) is 0 Å². The molecule has 0 bridgehead atoms. The Kier molecular flexibility index (Phi) is 4.28. The fourth-order valence-corrected chi connectivity index (χ4v) is 1.46. The van der Waals surface area contributed by atoms with Gasteiger partial charge < -0.3 is 9.84 Å². The molecule has 2 rings (SSSR count). The van der Waals surface area contributed by atoms with Crippen molar-refractivity contribution in [2.24, 2.45) is 0 Å². The molecular weight excluding hydrogens is 252 g/mol. The number of nitrogens with zero attached hydrogens (tertiary/aromatic N) is 3. The molecule has 0 aliphatic rings. The molecule has 18 heavy (non-hydrogen) atoms. The van der Waals surface area contributed by atoms with Crippen LogP contribution in [0.5, 0.6) is 0 Å². The molecule has 2 aromatic rings. The van der Waals surface area contributed by atoms with Crippen molar-refractivity contribution in [3.63, 3.8) is 0 Å². The molecule has 1 atom stereocenters.